The van der Waals surface area contributed by atoms with E-state index in [4.69, 9.17) is 9.15 Å². The maximum Gasteiger partial charge on any atom is 0.339 e. The Morgan fingerprint density at radius 2 is 1.88 bits per heavy atom. The van der Waals surface area contributed by atoms with Crippen LogP contribution in [0.1, 0.15) is 34.2 Å². The van der Waals surface area contributed by atoms with Gasteiger partial charge in [-0.25, -0.2) is 4.79 Å². The highest BCUT2D eigenvalue weighted by molar-refractivity contribution is 5.88. The summed E-state index contributed by atoms with van der Waals surface area (Å²) in [5.74, 6) is 0.864. The highest BCUT2D eigenvalue weighted by Crippen LogP contribution is 2.39. The molecule has 0 radical (unpaired) electrons. The number of rotatable bonds is 1. The van der Waals surface area contributed by atoms with Crippen molar-refractivity contribution in [1.82, 2.24) is 0 Å². The van der Waals surface area contributed by atoms with Crippen LogP contribution in [-0.2, 0) is 19.4 Å². The molecule has 5 rings (SSSR count). The third-order valence-corrected chi connectivity index (χ3v) is 5.70. The first-order chi connectivity index (χ1) is 12.6. The number of hydrogen-bond acceptors (Lipinski definition) is 4. The van der Waals surface area contributed by atoms with E-state index in [1.807, 2.05) is 6.92 Å². The molecular formula is C22H21NO3. The SMILES string of the molecule is Cc1ccccc1N1COc2c(cc3c4c(c(=O)oc3c2C)CCC4)C1. The van der Waals surface area contributed by atoms with Crippen LogP contribution < -0.4 is 15.3 Å². The van der Waals surface area contributed by atoms with E-state index in [0.717, 1.165) is 53.6 Å². The van der Waals surface area contributed by atoms with E-state index < -0.39 is 0 Å². The predicted octanol–water partition coefficient (Wildman–Crippen LogP) is 4.26. The van der Waals surface area contributed by atoms with Gasteiger partial charge < -0.3 is 14.1 Å². The molecule has 0 unspecified atom stereocenters. The molecule has 26 heavy (non-hydrogen) atoms. The van der Waals surface area contributed by atoms with E-state index in [2.05, 4.69) is 42.2 Å². The number of nitrogens with zero attached hydrogens (tertiary/aromatic N) is 1. The second-order valence-corrected chi connectivity index (χ2v) is 7.32. The molecule has 0 N–H and O–H groups in total. The van der Waals surface area contributed by atoms with E-state index in [1.165, 1.54) is 16.8 Å². The summed E-state index contributed by atoms with van der Waals surface area (Å²) in [5, 5.41) is 1.09. The van der Waals surface area contributed by atoms with Crippen molar-refractivity contribution < 1.29 is 9.15 Å². The third-order valence-electron chi connectivity index (χ3n) is 5.70. The van der Waals surface area contributed by atoms with Crippen molar-refractivity contribution in [3.05, 3.63) is 68.6 Å². The molecular weight excluding hydrogens is 326 g/mol. The number of aryl methyl sites for hydroxylation is 3. The lowest BCUT2D eigenvalue weighted by atomic mass is 9.99. The third kappa shape index (κ3) is 2.18. The number of ether oxygens (including phenoxy) is 1. The molecule has 0 saturated carbocycles. The molecule has 4 heteroatoms. The Hall–Kier alpha value is -2.75. The first-order valence-corrected chi connectivity index (χ1v) is 9.18. The lowest BCUT2D eigenvalue weighted by Gasteiger charge is -2.33. The number of anilines is 1. The van der Waals surface area contributed by atoms with Crippen LogP contribution in [0.4, 0.5) is 5.69 Å². The van der Waals surface area contributed by atoms with Crippen molar-refractivity contribution in [2.45, 2.75) is 39.7 Å². The molecule has 3 aromatic rings. The van der Waals surface area contributed by atoms with Crippen LogP contribution in [0, 0.1) is 13.8 Å². The van der Waals surface area contributed by atoms with Gasteiger partial charge in [0, 0.05) is 34.3 Å². The molecule has 4 nitrogen and oxygen atoms in total. The summed E-state index contributed by atoms with van der Waals surface area (Å²) >= 11 is 0. The summed E-state index contributed by atoms with van der Waals surface area (Å²) in [6.07, 6.45) is 2.81. The summed E-state index contributed by atoms with van der Waals surface area (Å²) in [6.45, 7) is 5.41. The first kappa shape index (κ1) is 15.5. The molecule has 2 aromatic carbocycles. The fraction of sp³-hybridized carbons (Fsp3) is 0.318. The van der Waals surface area contributed by atoms with Crippen LogP contribution in [0.5, 0.6) is 5.75 Å². The fourth-order valence-corrected chi connectivity index (χ4v) is 4.41. The van der Waals surface area contributed by atoms with Gasteiger partial charge in [-0.3, -0.25) is 0 Å². The summed E-state index contributed by atoms with van der Waals surface area (Å²) in [7, 11) is 0. The number of hydrogen-bond donors (Lipinski definition) is 0. The highest BCUT2D eigenvalue weighted by atomic mass is 16.5. The largest absolute Gasteiger partial charge is 0.472 e. The second-order valence-electron chi connectivity index (χ2n) is 7.32. The molecule has 1 aliphatic heterocycles. The fourth-order valence-electron chi connectivity index (χ4n) is 4.41. The van der Waals surface area contributed by atoms with Crippen molar-refractivity contribution in [3.8, 4) is 5.75 Å². The number of fused-ring (bicyclic) bond motifs is 4. The minimum atomic E-state index is -0.176. The van der Waals surface area contributed by atoms with Gasteiger partial charge in [0.15, 0.2) is 6.73 Å². The molecule has 2 heterocycles. The molecule has 0 atom stereocenters. The average Bonchev–Trinajstić information content (AvgIpc) is 3.14. The molecule has 1 aliphatic carbocycles. The Kier molecular flexibility index (Phi) is 3.36. The topological polar surface area (TPSA) is 42.7 Å². The Morgan fingerprint density at radius 3 is 2.73 bits per heavy atom. The van der Waals surface area contributed by atoms with Gasteiger partial charge in [0.25, 0.3) is 0 Å². The van der Waals surface area contributed by atoms with Crippen LogP contribution in [0.3, 0.4) is 0 Å². The van der Waals surface area contributed by atoms with Gasteiger partial charge in [-0.15, -0.1) is 0 Å². The molecule has 0 fully saturated rings. The summed E-state index contributed by atoms with van der Waals surface area (Å²) < 4.78 is 11.8. The van der Waals surface area contributed by atoms with E-state index in [0.29, 0.717) is 12.3 Å². The first-order valence-electron chi connectivity index (χ1n) is 9.18. The normalized spacial score (nSPS) is 15.7. The lowest BCUT2D eigenvalue weighted by molar-refractivity contribution is 0.287. The molecule has 2 aliphatic rings. The molecule has 1 aromatic heterocycles. The molecule has 0 saturated heterocycles. The molecule has 132 valence electrons. The standard InChI is InChI=1S/C22H21NO3/c1-13-6-3-4-9-19(13)23-11-15-10-18-16-7-5-8-17(16)22(24)26-21(18)14(2)20(15)25-12-23/h3-4,6,9-10H,5,7-8,11-12H2,1-2H3. The Labute approximate surface area is 152 Å². The minimum absolute atomic E-state index is 0.176. The quantitative estimate of drug-likeness (QED) is 0.617. The zero-order valence-corrected chi connectivity index (χ0v) is 15.1. The van der Waals surface area contributed by atoms with Crippen molar-refractivity contribution in [1.29, 1.82) is 0 Å². The summed E-state index contributed by atoms with van der Waals surface area (Å²) in [6, 6.07) is 10.5. The predicted molar refractivity (Wildman–Crippen MR) is 102 cm³/mol. The van der Waals surface area contributed by atoms with Crippen LogP contribution in [0.2, 0.25) is 0 Å². The van der Waals surface area contributed by atoms with Crippen molar-refractivity contribution in [3.63, 3.8) is 0 Å². The van der Waals surface area contributed by atoms with Gasteiger partial charge in [-0.05, 0) is 56.4 Å². The van der Waals surface area contributed by atoms with Crippen LogP contribution in [0.15, 0.2) is 39.5 Å². The summed E-state index contributed by atoms with van der Waals surface area (Å²) in [4.78, 5) is 14.6. The Morgan fingerprint density at radius 1 is 1.08 bits per heavy atom. The zero-order valence-electron chi connectivity index (χ0n) is 15.1. The van der Waals surface area contributed by atoms with Crippen LogP contribution >= 0.6 is 0 Å². The highest BCUT2D eigenvalue weighted by Gasteiger charge is 2.26. The Bertz CT molecular complexity index is 1100. The van der Waals surface area contributed by atoms with Gasteiger partial charge >= 0.3 is 5.63 Å². The van der Waals surface area contributed by atoms with Crippen molar-refractivity contribution in [2.24, 2.45) is 0 Å². The second kappa shape index (κ2) is 5.63. The van der Waals surface area contributed by atoms with Crippen LogP contribution in [-0.4, -0.2) is 6.73 Å². The minimum Gasteiger partial charge on any atom is -0.472 e. The van der Waals surface area contributed by atoms with Crippen molar-refractivity contribution in [2.75, 3.05) is 11.6 Å². The maximum atomic E-state index is 12.3. The van der Waals surface area contributed by atoms with Gasteiger partial charge in [0.05, 0.1) is 0 Å². The number of benzene rings is 2. The molecule has 0 amide bonds. The molecule has 0 bridgehead atoms. The summed E-state index contributed by atoms with van der Waals surface area (Å²) in [5.41, 5.74) is 7.09. The molecule has 0 spiro atoms. The lowest BCUT2D eigenvalue weighted by Crippen LogP contribution is -2.32. The smallest absolute Gasteiger partial charge is 0.339 e. The maximum absolute atomic E-state index is 12.3. The van der Waals surface area contributed by atoms with E-state index in [-0.39, 0.29) is 5.63 Å². The van der Waals surface area contributed by atoms with Gasteiger partial charge in [-0.2, -0.15) is 0 Å². The monoisotopic (exact) mass is 347 g/mol. The van der Waals surface area contributed by atoms with Gasteiger partial charge in [0.2, 0.25) is 0 Å². The van der Waals surface area contributed by atoms with Gasteiger partial charge in [0.1, 0.15) is 11.3 Å². The van der Waals surface area contributed by atoms with Gasteiger partial charge in [-0.1, -0.05) is 18.2 Å². The van der Waals surface area contributed by atoms with Crippen molar-refractivity contribution >= 4 is 16.7 Å². The van der Waals surface area contributed by atoms with Crippen LogP contribution in [0.25, 0.3) is 11.0 Å². The Balaban J connectivity index is 1.67. The van der Waals surface area contributed by atoms with E-state index >= 15 is 0 Å². The average molecular weight is 347 g/mol. The number of para-hydroxylation sites is 1. The van der Waals surface area contributed by atoms with E-state index in [1.54, 1.807) is 0 Å². The van der Waals surface area contributed by atoms with E-state index in [9.17, 15) is 4.79 Å². The zero-order chi connectivity index (χ0) is 17.8.